The van der Waals surface area contributed by atoms with E-state index in [9.17, 15) is 24.0 Å². The van der Waals surface area contributed by atoms with Crippen LogP contribution in [-0.2, 0) is 31.0 Å². The van der Waals surface area contributed by atoms with Gasteiger partial charge in [-0.15, -0.1) is 0 Å². The van der Waals surface area contributed by atoms with Crippen LogP contribution in [0.3, 0.4) is 0 Å². The fraction of sp³-hybridized carbons (Fsp3) is 0.667. The van der Waals surface area contributed by atoms with Gasteiger partial charge in [0.1, 0.15) is 11.4 Å². The molecule has 1 atom stereocenters. The third-order valence-electron chi connectivity index (χ3n) is 16.7. The van der Waals surface area contributed by atoms with Crippen LogP contribution in [-0.4, -0.2) is 160 Å². The molecule has 2 saturated carbocycles. The molecule has 4 aliphatic heterocycles. The van der Waals surface area contributed by atoms with Crippen molar-refractivity contribution >= 4 is 52.7 Å². The summed E-state index contributed by atoms with van der Waals surface area (Å²) in [5, 5.41) is 13.5. The maximum absolute atomic E-state index is 13.8. The van der Waals surface area contributed by atoms with Crippen LogP contribution in [0.25, 0.3) is 0 Å². The topological polar surface area (TPSA) is 190 Å². The number of benzene rings is 1. The molecule has 0 radical (unpaired) electrons. The quantitative estimate of drug-likeness (QED) is 0.0879. The predicted molar refractivity (Wildman–Crippen MR) is 276 cm³/mol. The van der Waals surface area contributed by atoms with E-state index in [4.69, 9.17) is 9.72 Å². The Hall–Kier alpha value is -5.62. The first kappa shape index (κ1) is 51.3. The molecule has 18 nitrogen and oxygen atoms in total. The summed E-state index contributed by atoms with van der Waals surface area (Å²) in [5.74, 6) is 1.19. The van der Waals surface area contributed by atoms with Crippen LogP contribution in [0.4, 0.5) is 23.1 Å². The summed E-state index contributed by atoms with van der Waals surface area (Å²) in [6, 6.07) is 8.94. The van der Waals surface area contributed by atoms with Gasteiger partial charge >= 0.3 is 5.97 Å². The number of nitrogens with one attached hydrogen (secondary N) is 3. The Morgan fingerprint density at radius 1 is 0.764 bits per heavy atom. The second kappa shape index (κ2) is 23.9. The Kier molecular flexibility index (Phi) is 17.1. The Morgan fingerprint density at radius 2 is 1.43 bits per heavy atom. The number of nitrogens with zero attached hydrogens (tertiary/aromatic N) is 9. The van der Waals surface area contributed by atoms with E-state index in [0.717, 1.165) is 147 Å². The molecule has 3 N–H and O–H groups in total. The van der Waals surface area contributed by atoms with Crippen LogP contribution in [0.2, 0.25) is 0 Å². The summed E-state index contributed by atoms with van der Waals surface area (Å²) < 4.78 is 7.09. The number of hydrogen-bond acceptors (Lipinski definition) is 14. The Bertz CT molecular complexity index is 2340. The second-order valence-corrected chi connectivity index (χ2v) is 21.4. The number of piperazine rings is 2. The van der Waals surface area contributed by atoms with E-state index in [-0.39, 0.29) is 48.1 Å². The lowest BCUT2D eigenvalue weighted by Crippen LogP contribution is -2.54. The smallest absolute Gasteiger partial charge is 0.343 e. The summed E-state index contributed by atoms with van der Waals surface area (Å²) >= 11 is 0. The lowest BCUT2D eigenvalue weighted by Gasteiger charge is -2.43. The molecule has 390 valence electrons. The summed E-state index contributed by atoms with van der Waals surface area (Å²) in [6.07, 6.45) is 17.6. The highest BCUT2D eigenvalue weighted by molar-refractivity contribution is 6.01. The first-order valence-electron chi connectivity index (χ1n) is 27.3. The largest absolute Gasteiger partial charge is 0.462 e. The normalized spacial score (nSPS) is 25.0. The van der Waals surface area contributed by atoms with Gasteiger partial charge in [-0.05, 0) is 121 Å². The van der Waals surface area contributed by atoms with Crippen molar-refractivity contribution in [3.8, 4) is 0 Å². The van der Waals surface area contributed by atoms with Crippen molar-refractivity contribution in [3.05, 3.63) is 53.5 Å². The number of piperidine rings is 2. The number of aromatic nitrogens is 4. The average molecular weight is 991 g/mol. The number of hydrogen-bond donors (Lipinski definition) is 3. The van der Waals surface area contributed by atoms with Crippen LogP contribution < -0.4 is 20.9 Å². The number of aryl methyl sites for hydroxylation is 2. The Labute approximate surface area is 425 Å². The molecule has 2 aliphatic carbocycles. The molecule has 6 aliphatic rings. The van der Waals surface area contributed by atoms with E-state index in [2.05, 4.69) is 62.7 Å². The van der Waals surface area contributed by atoms with Crippen molar-refractivity contribution < 1.29 is 28.7 Å². The SMILES string of the molecule is CCOC(=O)c1c(C)nc(Nc2cnn(C)c2)nc1NC1CCC(N2CCN(C(=O)C3CCC(C(=O)N4CCC(CCCCN5CCN(c6ccc([C@@H]7CCC(=O)NC7=O)cc6)CC5)CC4)CC3)CC2)CC1. The molecule has 2 aromatic heterocycles. The van der Waals surface area contributed by atoms with Gasteiger partial charge in [-0.25, -0.2) is 9.78 Å². The lowest BCUT2D eigenvalue weighted by atomic mass is 9.80. The molecule has 4 amide bonds. The zero-order chi connectivity index (χ0) is 50.1. The zero-order valence-corrected chi connectivity index (χ0v) is 43.0. The number of ether oxygens (including phenoxy) is 1. The van der Waals surface area contributed by atoms with Crippen molar-refractivity contribution in [1.29, 1.82) is 0 Å². The van der Waals surface area contributed by atoms with Crippen molar-refractivity contribution in [2.45, 2.75) is 128 Å². The molecule has 4 saturated heterocycles. The number of carbonyl (C=O) groups is 5. The minimum Gasteiger partial charge on any atom is -0.462 e. The van der Waals surface area contributed by atoms with Crippen molar-refractivity contribution in [3.63, 3.8) is 0 Å². The molecule has 1 aromatic carbocycles. The molecule has 3 aromatic rings. The highest BCUT2D eigenvalue weighted by atomic mass is 16.5. The minimum atomic E-state index is -0.433. The van der Waals surface area contributed by atoms with Gasteiger partial charge in [0.05, 0.1) is 30.1 Å². The van der Waals surface area contributed by atoms with Gasteiger partial charge in [0.15, 0.2) is 0 Å². The van der Waals surface area contributed by atoms with E-state index < -0.39 is 5.97 Å². The number of unbranched alkanes of at least 4 members (excludes halogenated alkanes) is 1. The van der Waals surface area contributed by atoms with Gasteiger partial charge in [0.25, 0.3) is 0 Å². The molecule has 72 heavy (non-hydrogen) atoms. The van der Waals surface area contributed by atoms with E-state index in [1.54, 1.807) is 24.7 Å². The summed E-state index contributed by atoms with van der Waals surface area (Å²) in [7, 11) is 1.85. The number of likely N-dealkylation sites (tertiary alicyclic amines) is 1. The summed E-state index contributed by atoms with van der Waals surface area (Å²) in [6.45, 7) is 14.1. The molecule has 18 heteroatoms. The molecule has 9 rings (SSSR count). The molecule has 6 fully saturated rings. The maximum Gasteiger partial charge on any atom is 0.343 e. The standard InChI is InChI=1S/C54H78N12O6/c1-4-72-53(71)48-37(2)56-54(58-43-35-55-61(3)36-43)60-49(48)57-42-14-18-45(19-15-42)64-31-33-66(34-32-64)52(70)41-10-8-40(9-11-41)51(69)65-25-22-38(23-26-65)7-5-6-24-62-27-29-63(30-28-62)44-16-12-39(13-17-44)46-20-21-47(67)59-50(46)68/h12-13,16-17,35-36,38,40-42,45-46H,4-11,14-15,18-34H2,1-3H3,(H,59,67,68)(H2,56,57,58,60)/t40?,41?,42?,45?,46-/m0/s1. The van der Waals surface area contributed by atoms with Crippen LogP contribution >= 0.6 is 0 Å². The first-order chi connectivity index (χ1) is 35.0. The van der Waals surface area contributed by atoms with Crippen molar-refractivity contribution in [2.24, 2.45) is 24.8 Å². The van der Waals surface area contributed by atoms with E-state index in [1.807, 2.05) is 25.4 Å². The maximum atomic E-state index is 13.8. The van der Waals surface area contributed by atoms with Gasteiger partial charge in [0, 0.05) is 115 Å². The molecule has 0 bridgehead atoms. The third-order valence-corrected chi connectivity index (χ3v) is 16.7. The van der Waals surface area contributed by atoms with Gasteiger partial charge in [-0.1, -0.05) is 25.0 Å². The number of rotatable bonds is 16. The minimum absolute atomic E-state index is 0.0210. The van der Waals surface area contributed by atoms with Gasteiger partial charge in [-0.3, -0.25) is 39.0 Å². The highest BCUT2D eigenvalue weighted by Gasteiger charge is 2.37. The molecular weight excluding hydrogens is 913 g/mol. The average Bonchev–Trinajstić information content (AvgIpc) is 3.81. The fourth-order valence-electron chi connectivity index (χ4n) is 12.4. The van der Waals surface area contributed by atoms with Gasteiger partial charge in [0.2, 0.25) is 29.6 Å². The number of carbonyl (C=O) groups excluding carboxylic acids is 5. The summed E-state index contributed by atoms with van der Waals surface area (Å²) in [5.41, 5.74) is 3.84. The van der Waals surface area contributed by atoms with E-state index >= 15 is 0 Å². The number of amides is 4. The fourth-order valence-corrected chi connectivity index (χ4v) is 12.4. The Balaban J connectivity index is 0.628. The highest BCUT2D eigenvalue weighted by Crippen LogP contribution is 2.35. The van der Waals surface area contributed by atoms with Crippen LogP contribution in [0.15, 0.2) is 36.7 Å². The van der Waals surface area contributed by atoms with Crippen molar-refractivity contribution in [2.75, 3.05) is 94.1 Å². The van der Waals surface area contributed by atoms with Crippen molar-refractivity contribution in [1.82, 2.24) is 44.7 Å². The van der Waals surface area contributed by atoms with E-state index in [0.29, 0.717) is 53.7 Å². The van der Waals surface area contributed by atoms with Crippen LogP contribution in [0, 0.1) is 24.7 Å². The number of esters is 1. The number of imide groups is 1. The monoisotopic (exact) mass is 991 g/mol. The van der Waals surface area contributed by atoms with Gasteiger partial charge in [-0.2, -0.15) is 10.1 Å². The zero-order valence-electron chi connectivity index (χ0n) is 43.0. The van der Waals surface area contributed by atoms with Crippen LogP contribution in [0.1, 0.15) is 131 Å². The van der Waals surface area contributed by atoms with Gasteiger partial charge < -0.3 is 30.1 Å². The Morgan fingerprint density at radius 3 is 2.06 bits per heavy atom. The first-order valence-corrected chi connectivity index (χ1v) is 27.3. The summed E-state index contributed by atoms with van der Waals surface area (Å²) in [4.78, 5) is 85.5. The van der Waals surface area contributed by atoms with E-state index in [1.165, 1.54) is 24.9 Å². The molecular formula is C54H78N12O6. The molecule has 0 spiro atoms. The predicted octanol–water partition coefficient (Wildman–Crippen LogP) is 5.86. The molecule has 0 unspecified atom stereocenters. The van der Waals surface area contributed by atoms with Crippen LogP contribution in [0.5, 0.6) is 0 Å². The number of anilines is 4. The third kappa shape index (κ3) is 12.8. The lowest BCUT2D eigenvalue weighted by molar-refractivity contribution is -0.143. The second-order valence-electron chi connectivity index (χ2n) is 21.4. The molecule has 6 heterocycles.